The minimum atomic E-state index is 0.555. The third kappa shape index (κ3) is 3.42. The number of nitrogens with zero attached hydrogens (tertiary/aromatic N) is 1. The number of piperidine rings is 1. The van der Waals surface area contributed by atoms with Gasteiger partial charge < -0.3 is 10.2 Å². The molecule has 0 radical (unpaired) electrons. The molecule has 1 heterocycles. The molecule has 0 aliphatic carbocycles. The first-order chi connectivity index (χ1) is 8.16. The summed E-state index contributed by atoms with van der Waals surface area (Å²) in [5.74, 6) is 0. The van der Waals surface area contributed by atoms with E-state index in [-0.39, 0.29) is 0 Å². The zero-order valence-electron chi connectivity index (χ0n) is 9.95. The van der Waals surface area contributed by atoms with Crippen LogP contribution in [0.3, 0.4) is 0 Å². The summed E-state index contributed by atoms with van der Waals surface area (Å²) >= 11 is 8.90. The van der Waals surface area contributed by atoms with Gasteiger partial charge in [0.25, 0.3) is 0 Å². The third-order valence-corrected chi connectivity index (χ3v) is 4.02. The maximum Gasteiger partial charge on any atom is 0.173 e. The van der Waals surface area contributed by atoms with Crippen LogP contribution in [0.25, 0.3) is 0 Å². The van der Waals surface area contributed by atoms with Crippen molar-refractivity contribution in [2.75, 3.05) is 11.9 Å². The zero-order valence-corrected chi connectivity index (χ0v) is 12.4. The fourth-order valence-electron chi connectivity index (χ4n) is 2.13. The molecule has 0 bridgehead atoms. The van der Waals surface area contributed by atoms with E-state index in [0.29, 0.717) is 6.04 Å². The van der Waals surface area contributed by atoms with Crippen LogP contribution < -0.4 is 5.32 Å². The lowest BCUT2D eigenvalue weighted by atomic mass is 10.0. The van der Waals surface area contributed by atoms with Gasteiger partial charge in [0.05, 0.1) is 0 Å². The molecule has 1 aromatic carbocycles. The van der Waals surface area contributed by atoms with Crippen molar-refractivity contribution in [2.24, 2.45) is 0 Å². The summed E-state index contributed by atoms with van der Waals surface area (Å²) in [5.41, 5.74) is 1.05. The summed E-state index contributed by atoms with van der Waals surface area (Å²) in [6.07, 6.45) is 3.80. The Labute approximate surface area is 117 Å². The number of benzene rings is 1. The molecule has 1 N–H and O–H groups in total. The molecule has 2 nitrogen and oxygen atoms in total. The van der Waals surface area contributed by atoms with E-state index in [1.807, 2.05) is 24.3 Å². The van der Waals surface area contributed by atoms with Crippen LogP contribution in [0.4, 0.5) is 5.69 Å². The Bertz CT molecular complexity index is 391. The average molecular weight is 313 g/mol. The molecule has 1 aromatic rings. The molecular weight excluding hydrogens is 296 g/mol. The van der Waals surface area contributed by atoms with Gasteiger partial charge in [0.2, 0.25) is 0 Å². The van der Waals surface area contributed by atoms with Gasteiger partial charge in [0.15, 0.2) is 5.11 Å². The number of thiocarbonyl (C=S) groups is 1. The predicted octanol–water partition coefficient (Wildman–Crippen LogP) is 4.02. The second-order valence-electron chi connectivity index (χ2n) is 4.48. The second kappa shape index (κ2) is 5.83. The van der Waals surface area contributed by atoms with Gasteiger partial charge in [0, 0.05) is 22.7 Å². The van der Waals surface area contributed by atoms with E-state index < -0.39 is 0 Å². The maximum absolute atomic E-state index is 5.47. The molecule has 0 saturated carbocycles. The molecule has 1 fully saturated rings. The van der Waals surface area contributed by atoms with Crippen molar-refractivity contribution in [2.45, 2.75) is 32.2 Å². The second-order valence-corrected chi connectivity index (χ2v) is 5.78. The molecule has 17 heavy (non-hydrogen) atoms. The van der Waals surface area contributed by atoms with Crippen LogP contribution in [0, 0.1) is 0 Å². The normalized spacial score (nSPS) is 20.1. The molecular formula is C13H17BrN2S. The molecule has 92 valence electrons. The highest BCUT2D eigenvalue weighted by Crippen LogP contribution is 2.19. The summed E-state index contributed by atoms with van der Waals surface area (Å²) in [4.78, 5) is 2.29. The van der Waals surface area contributed by atoms with Gasteiger partial charge in [-0.15, -0.1) is 0 Å². The van der Waals surface area contributed by atoms with Gasteiger partial charge in [-0.1, -0.05) is 15.9 Å². The van der Waals surface area contributed by atoms with E-state index in [2.05, 4.69) is 33.1 Å². The van der Waals surface area contributed by atoms with Crippen LogP contribution in [0.1, 0.15) is 26.2 Å². The van der Waals surface area contributed by atoms with Crippen molar-refractivity contribution in [3.63, 3.8) is 0 Å². The highest BCUT2D eigenvalue weighted by atomic mass is 79.9. The first-order valence-electron chi connectivity index (χ1n) is 6.00. The van der Waals surface area contributed by atoms with Gasteiger partial charge in [-0.05, 0) is 62.7 Å². The molecule has 0 aromatic heterocycles. The molecule has 4 heteroatoms. The highest BCUT2D eigenvalue weighted by Gasteiger charge is 2.20. The molecule has 1 aliphatic rings. The van der Waals surface area contributed by atoms with Crippen molar-refractivity contribution in [1.29, 1.82) is 0 Å². The average Bonchev–Trinajstić information content (AvgIpc) is 2.32. The topological polar surface area (TPSA) is 15.3 Å². The molecule has 0 amide bonds. The summed E-state index contributed by atoms with van der Waals surface area (Å²) in [6.45, 7) is 3.32. The number of likely N-dealkylation sites (tertiary alicyclic amines) is 1. The van der Waals surface area contributed by atoms with E-state index in [4.69, 9.17) is 12.2 Å². The first kappa shape index (κ1) is 12.8. The van der Waals surface area contributed by atoms with Gasteiger partial charge in [-0.3, -0.25) is 0 Å². The fourth-order valence-corrected chi connectivity index (χ4v) is 2.78. The number of hydrogen-bond acceptors (Lipinski definition) is 1. The van der Waals surface area contributed by atoms with Crippen molar-refractivity contribution in [3.05, 3.63) is 28.7 Å². The Balaban J connectivity index is 1.98. The minimum absolute atomic E-state index is 0.555. The summed E-state index contributed by atoms with van der Waals surface area (Å²) in [7, 11) is 0. The lowest BCUT2D eigenvalue weighted by molar-refractivity contribution is 0.262. The van der Waals surface area contributed by atoms with Crippen molar-refractivity contribution in [3.8, 4) is 0 Å². The van der Waals surface area contributed by atoms with Gasteiger partial charge >= 0.3 is 0 Å². The van der Waals surface area contributed by atoms with E-state index in [1.165, 1.54) is 19.3 Å². The Morgan fingerprint density at radius 2 is 2.06 bits per heavy atom. The number of halogens is 1. The minimum Gasteiger partial charge on any atom is -0.346 e. The summed E-state index contributed by atoms with van der Waals surface area (Å²) in [5, 5.41) is 4.15. The molecule has 1 unspecified atom stereocenters. The number of anilines is 1. The van der Waals surface area contributed by atoms with Crippen molar-refractivity contribution < 1.29 is 0 Å². The standard InChI is InChI=1S/C13H17BrN2S/c1-10-4-2-3-9-16(10)13(17)15-12-7-5-11(14)6-8-12/h5-8,10H,2-4,9H2,1H3,(H,15,17). The van der Waals surface area contributed by atoms with Gasteiger partial charge in [0.1, 0.15) is 0 Å². The Hall–Kier alpha value is -0.610. The fraction of sp³-hybridized carbons (Fsp3) is 0.462. The number of nitrogens with one attached hydrogen (secondary N) is 1. The van der Waals surface area contributed by atoms with Crippen LogP contribution in [0.2, 0.25) is 0 Å². The highest BCUT2D eigenvalue weighted by molar-refractivity contribution is 9.10. The van der Waals surface area contributed by atoms with Crippen LogP contribution in [0.15, 0.2) is 28.7 Å². The predicted molar refractivity (Wildman–Crippen MR) is 80.4 cm³/mol. The molecule has 1 atom stereocenters. The zero-order chi connectivity index (χ0) is 12.3. The van der Waals surface area contributed by atoms with Gasteiger partial charge in [-0.2, -0.15) is 0 Å². The van der Waals surface area contributed by atoms with Crippen molar-refractivity contribution >= 4 is 38.9 Å². The van der Waals surface area contributed by atoms with Crippen LogP contribution in [0.5, 0.6) is 0 Å². The maximum atomic E-state index is 5.47. The smallest absolute Gasteiger partial charge is 0.173 e. The molecule has 2 rings (SSSR count). The largest absolute Gasteiger partial charge is 0.346 e. The lowest BCUT2D eigenvalue weighted by Gasteiger charge is -2.35. The van der Waals surface area contributed by atoms with E-state index >= 15 is 0 Å². The molecule has 1 aliphatic heterocycles. The van der Waals surface area contributed by atoms with E-state index in [0.717, 1.165) is 21.8 Å². The molecule has 0 spiro atoms. The van der Waals surface area contributed by atoms with E-state index in [9.17, 15) is 0 Å². The summed E-state index contributed by atoms with van der Waals surface area (Å²) in [6, 6.07) is 8.66. The molecule has 1 saturated heterocycles. The van der Waals surface area contributed by atoms with Crippen LogP contribution >= 0.6 is 28.1 Å². The van der Waals surface area contributed by atoms with Crippen LogP contribution in [-0.2, 0) is 0 Å². The number of rotatable bonds is 1. The SMILES string of the molecule is CC1CCCCN1C(=S)Nc1ccc(Br)cc1. The Kier molecular flexibility index (Phi) is 4.40. The van der Waals surface area contributed by atoms with Crippen LogP contribution in [-0.4, -0.2) is 22.6 Å². The Morgan fingerprint density at radius 3 is 2.71 bits per heavy atom. The lowest BCUT2D eigenvalue weighted by Crippen LogP contribution is -2.44. The van der Waals surface area contributed by atoms with Crippen molar-refractivity contribution in [1.82, 2.24) is 4.90 Å². The third-order valence-electron chi connectivity index (χ3n) is 3.16. The van der Waals surface area contributed by atoms with Gasteiger partial charge in [-0.25, -0.2) is 0 Å². The monoisotopic (exact) mass is 312 g/mol. The Morgan fingerprint density at radius 1 is 1.35 bits per heavy atom. The number of hydrogen-bond donors (Lipinski definition) is 1. The summed E-state index contributed by atoms with van der Waals surface area (Å²) < 4.78 is 1.08. The van der Waals surface area contributed by atoms with E-state index in [1.54, 1.807) is 0 Å². The first-order valence-corrected chi connectivity index (χ1v) is 7.20. The quantitative estimate of drug-likeness (QED) is 0.788.